The smallest absolute Gasteiger partial charge is 0.321 e. The Labute approximate surface area is 136 Å². The van der Waals surface area contributed by atoms with Gasteiger partial charge < -0.3 is 19.9 Å². The number of hydrogen-bond donors (Lipinski definition) is 1. The van der Waals surface area contributed by atoms with Gasteiger partial charge in [0.15, 0.2) is 0 Å². The van der Waals surface area contributed by atoms with Crippen LogP contribution in [0.15, 0.2) is 24.3 Å². The fraction of sp³-hybridized carbons (Fsp3) is 0.529. The van der Waals surface area contributed by atoms with Crippen molar-refractivity contribution in [3.05, 3.63) is 29.8 Å². The molecule has 23 heavy (non-hydrogen) atoms. The second-order valence-corrected chi connectivity index (χ2v) is 6.00. The second kappa shape index (κ2) is 7.46. The zero-order valence-electron chi connectivity index (χ0n) is 13.3. The van der Waals surface area contributed by atoms with Gasteiger partial charge in [-0.2, -0.15) is 0 Å². The average molecular weight is 317 g/mol. The Morgan fingerprint density at radius 3 is 2.78 bits per heavy atom. The molecule has 0 spiro atoms. The number of rotatable bonds is 3. The molecule has 6 heteroatoms. The van der Waals surface area contributed by atoms with E-state index in [4.69, 9.17) is 4.74 Å². The molecule has 1 aromatic rings. The molecule has 0 radical (unpaired) electrons. The Balaban J connectivity index is 1.60. The molecule has 3 amide bonds. The van der Waals surface area contributed by atoms with Crippen molar-refractivity contribution < 1.29 is 14.3 Å². The fourth-order valence-corrected chi connectivity index (χ4v) is 2.97. The van der Waals surface area contributed by atoms with E-state index in [0.717, 1.165) is 30.6 Å². The molecule has 2 aliphatic rings. The van der Waals surface area contributed by atoms with Crippen LogP contribution in [0.4, 0.5) is 10.5 Å². The highest BCUT2D eigenvalue weighted by Crippen LogP contribution is 2.17. The van der Waals surface area contributed by atoms with Crippen LogP contribution in [0.2, 0.25) is 0 Å². The highest BCUT2D eigenvalue weighted by Gasteiger charge is 2.19. The predicted octanol–water partition coefficient (Wildman–Crippen LogP) is 2.06. The first-order chi connectivity index (χ1) is 11.2. The number of nitrogens with one attached hydrogen (secondary N) is 1. The van der Waals surface area contributed by atoms with E-state index in [9.17, 15) is 9.59 Å². The maximum Gasteiger partial charge on any atom is 0.321 e. The zero-order valence-corrected chi connectivity index (χ0v) is 13.3. The molecule has 6 nitrogen and oxygen atoms in total. The molecule has 0 unspecified atom stereocenters. The molecule has 3 rings (SSSR count). The first-order valence-corrected chi connectivity index (χ1v) is 8.23. The molecular formula is C17H23N3O3. The van der Waals surface area contributed by atoms with Gasteiger partial charge in [-0.15, -0.1) is 0 Å². The number of carbonyl (C=O) groups is 2. The van der Waals surface area contributed by atoms with Crippen LogP contribution in [0.3, 0.4) is 0 Å². The summed E-state index contributed by atoms with van der Waals surface area (Å²) < 4.78 is 5.25. The van der Waals surface area contributed by atoms with Crippen molar-refractivity contribution in [2.75, 3.05) is 38.2 Å². The minimum Gasteiger partial charge on any atom is -0.378 e. The summed E-state index contributed by atoms with van der Waals surface area (Å²) in [6, 6.07) is 7.63. The third-order valence-corrected chi connectivity index (χ3v) is 4.27. The number of anilines is 1. The van der Waals surface area contributed by atoms with Crippen molar-refractivity contribution in [3.8, 4) is 0 Å². The Bertz CT molecular complexity index is 570. The van der Waals surface area contributed by atoms with Gasteiger partial charge in [0.25, 0.3) is 0 Å². The maximum absolute atomic E-state index is 12.2. The quantitative estimate of drug-likeness (QED) is 0.928. The molecule has 2 aliphatic heterocycles. The third-order valence-electron chi connectivity index (χ3n) is 4.27. The minimum atomic E-state index is -0.0977. The molecule has 0 atom stereocenters. The summed E-state index contributed by atoms with van der Waals surface area (Å²) >= 11 is 0. The zero-order chi connectivity index (χ0) is 16.1. The number of benzene rings is 1. The molecule has 0 aromatic heterocycles. The lowest BCUT2D eigenvalue weighted by Gasteiger charge is -2.28. The second-order valence-electron chi connectivity index (χ2n) is 6.00. The topological polar surface area (TPSA) is 61.9 Å². The van der Waals surface area contributed by atoms with Crippen LogP contribution in [-0.2, 0) is 16.1 Å². The third kappa shape index (κ3) is 4.22. The maximum atomic E-state index is 12.2. The summed E-state index contributed by atoms with van der Waals surface area (Å²) in [5, 5.41) is 2.93. The van der Waals surface area contributed by atoms with Gasteiger partial charge in [0, 0.05) is 38.3 Å². The molecule has 2 fully saturated rings. The van der Waals surface area contributed by atoms with Crippen molar-refractivity contribution in [1.82, 2.24) is 9.80 Å². The van der Waals surface area contributed by atoms with E-state index in [1.807, 2.05) is 29.2 Å². The summed E-state index contributed by atoms with van der Waals surface area (Å²) in [6.45, 7) is 3.85. The van der Waals surface area contributed by atoms with Crippen molar-refractivity contribution >= 4 is 17.6 Å². The van der Waals surface area contributed by atoms with Gasteiger partial charge >= 0.3 is 6.03 Å². The highest BCUT2D eigenvalue weighted by atomic mass is 16.5. The van der Waals surface area contributed by atoms with E-state index in [1.165, 1.54) is 0 Å². The van der Waals surface area contributed by atoms with Crippen LogP contribution in [-0.4, -0.2) is 54.6 Å². The SMILES string of the molecule is O=C1CCCCN1Cc1cccc(NC(=O)N2CCOCC2)c1. The van der Waals surface area contributed by atoms with Crippen molar-refractivity contribution in [2.24, 2.45) is 0 Å². The number of piperidine rings is 1. The number of morpholine rings is 1. The number of urea groups is 1. The lowest BCUT2D eigenvalue weighted by atomic mass is 10.1. The number of amides is 3. The fourth-order valence-electron chi connectivity index (χ4n) is 2.97. The van der Waals surface area contributed by atoms with Gasteiger partial charge in [0.05, 0.1) is 13.2 Å². The lowest BCUT2D eigenvalue weighted by molar-refractivity contribution is -0.133. The van der Waals surface area contributed by atoms with E-state index < -0.39 is 0 Å². The Hall–Kier alpha value is -2.08. The van der Waals surface area contributed by atoms with Gasteiger partial charge in [-0.1, -0.05) is 12.1 Å². The standard InChI is InChI=1S/C17H23N3O3/c21-16-6-1-2-7-20(16)13-14-4-3-5-15(12-14)18-17(22)19-8-10-23-11-9-19/h3-5,12H,1-2,6-11,13H2,(H,18,22). The van der Waals surface area contributed by atoms with Crippen LogP contribution in [0.5, 0.6) is 0 Å². The Morgan fingerprint density at radius 2 is 2.00 bits per heavy atom. The summed E-state index contributed by atoms with van der Waals surface area (Å²) in [5.74, 6) is 0.221. The molecule has 0 aliphatic carbocycles. The summed E-state index contributed by atoms with van der Waals surface area (Å²) in [6.07, 6.45) is 2.71. The molecule has 2 heterocycles. The number of hydrogen-bond acceptors (Lipinski definition) is 3. The monoisotopic (exact) mass is 317 g/mol. The van der Waals surface area contributed by atoms with Crippen LogP contribution in [0.25, 0.3) is 0 Å². The van der Waals surface area contributed by atoms with Crippen molar-refractivity contribution in [3.63, 3.8) is 0 Å². The van der Waals surface area contributed by atoms with Crippen molar-refractivity contribution in [2.45, 2.75) is 25.8 Å². The molecule has 1 N–H and O–H groups in total. The Kier molecular flexibility index (Phi) is 5.12. The number of ether oxygens (including phenoxy) is 1. The van der Waals surface area contributed by atoms with Gasteiger partial charge in [-0.25, -0.2) is 4.79 Å². The number of carbonyl (C=O) groups excluding carboxylic acids is 2. The molecule has 1 aromatic carbocycles. The summed E-state index contributed by atoms with van der Waals surface area (Å²) in [7, 11) is 0. The number of nitrogens with zero attached hydrogens (tertiary/aromatic N) is 2. The van der Waals surface area contributed by atoms with Crippen LogP contribution in [0.1, 0.15) is 24.8 Å². The molecule has 2 saturated heterocycles. The molecular weight excluding hydrogens is 294 g/mol. The van der Waals surface area contributed by atoms with E-state index in [2.05, 4.69) is 5.32 Å². The van der Waals surface area contributed by atoms with Crippen LogP contribution in [0, 0.1) is 0 Å². The number of likely N-dealkylation sites (tertiary alicyclic amines) is 1. The minimum absolute atomic E-state index is 0.0977. The first kappa shape index (κ1) is 15.8. The average Bonchev–Trinajstić information content (AvgIpc) is 2.58. The predicted molar refractivity (Wildman–Crippen MR) is 87.1 cm³/mol. The highest BCUT2D eigenvalue weighted by molar-refractivity contribution is 5.89. The van der Waals surface area contributed by atoms with Crippen LogP contribution < -0.4 is 5.32 Å². The Morgan fingerprint density at radius 1 is 1.17 bits per heavy atom. The molecule has 0 saturated carbocycles. The normalized spacial score (nSPS) is 18.9. The van der Waals surface area contributed by atoms with Gasteiger partial charge in [0.1, 0.15) is 0 Å². The summed E-state index contributed by atoms with van der Waals surface area (Å²) in [4.78, 5) is 27.8. The van der Waals surface area contributed by atoms with Crippen LogP contribution >= 0.6 is 0 Å². The van der Waals surface area contributed by atoms with E-state index >= 15 is 0 Å². The van der Waals surface area contributed by atoms with Gasteiger partial charge in [-0.3, -0.25) is 4.79 Å². The molecule has 124 valence electrons. The van der Waals surface area contributed by atoms with E-state index in [0.29, 0.717) is 39.3 Å². The molecule has 0 bridgehead atoms. The van der Waals surface area contributed by atoms with E-state index in [-0.39, 0.29) is 11.9 Å². The van der Waals surface area contributed by atoms with Crippen molar-refractivity contribution in [1.29, 1.82) is 0 Å². The summed E-state index contributed by atoms with van der Waals surface area (Å²) in [5.41, 5.74) is 1.81. The lowest BCUT2D eigenvalue weighted by Crippen LogP contribution is -2.43. The van der Waals surface area contributed by atoms with Gasteiger partial charge in [0.2, 0.25) is 5.91 Å². The largest absolute Gasteiger partial charge is 0.378 e. The van der Waals surface area contributed by atoms with Gasteiger partial charge in [-0.05, 0) is 30.5 Å². The van der Waals surface area contributed by atoms with E-state index in [1.54, 1.807) is 4.90 Å². The first-order valence-electron chi connectivity index (χ1n) is 8.23.